The molecule has 0 saturated carbocycles. The summed E-state index contributed by atoms with van der Waals surface area (Å²) in [4.78, 5) is 26.2. The minimum absolute atomic E-state index is 0.0314. The molecule has 6 nitrogen and oxygen atoms in total. The Bertz CT molecular complexity index is 581. The summed E-state index contributed by atoms with van der Waals surface area (Å²) in [5.74, 6) is -0.883. The van der Waals surface area contributed by atoms with Crippen LogP contribution in [0.4, 0.5) is 10.5 Å². The molecule has 0 radical (unpaired) electrons. The van der Waals surface area contributed by atoms with Crippen molar-refractivity contribution in [1.82, 2.24) is 10.3 Å². The molecule has 0 unspecified atom stereocenters. The Kier molecular flexibility index (Phi) is 4.67. The van der Waals surface area contributed by atoms with Crippen LogP contribution in [0, 0.1) is 0 Å². The number of aromatic nitrogens is 1. The summed E-state index contributed by atoms with van der Waals surface area (Å²) in [6.07, 6.45) is -0.0314. The zero-order valence-electron chi connectivity index (χ0n) is 10.5. The number of urea groups is 1. The second-order valence-electron chi connectivity index (χ2n) is 4.05. The third-order valence-electron chi connectivity index (χ3n) is 2.48. The lowest BCUT2D eigenvalue weighted by Gasteiger charge is -2.07. The largest absolute Gasteiger partial charge is 0.481 e. The molecular weight excluding hydrogens is 278 g/mol. The average molecular weight is 291 g/mol. The Morgan fingerprint density at radius 1 is 1.25 bits per heavy atom. The molecule has 3 N–H and O–H groups in total. The topological polar surface area (TPSA) is 91.3 Å². The standard InChI is InChI=1S/C13H13N3O3S/c17-12(18)5-9-1-3-10(4-2-9)16-13(19)14-6-11-7-20-8-15-11/h1-4,7-8H,5-6H2,(H,17,18)(H2,14,16,19). The van der Waals surface area contributed by atoms with Crippen LogP contribution in [0.2, 0.25) is 0 Å². The molecule has 1 heterocycles. The van der Waals surface area contributed by atoms with Crippen molar-refractivity contribution in [3.63, 3.8) is 0 Å². The van der Waals surface area contributed by atoms with Crippen LogP contribution in [0.5, 0.6) is 0 Å². The number of carbonyl (C=O) groups is 2. The lowest BCUT2D eigenvalue weighted by molar-refractivity contribution is -0.136. The van der Waals surface area contributed by atoms with Gasteiger partial charge in [0.1, 0.15) is 0 Å². The molecule has 0 atom stereocenters. The predicted octanol–water partition coefficient (Wildman–Crippen LogP) is 2.09. The van der Waals surface area contributed by atoms with E-state index >= 15 is 0 Å². The fraction of sp³-hybridized carbons (Fsp3) is 0.154. The SMILES string of the molecule is O=C(O)Cc1ccc(NC(=O)NCc2cscn2)cc1. The first-order valence-electron chi connectivity index (χ1n) is 5.86. The molecule has 2 rings (SSSR count). The monoisotopic (exact) mass is 291 g/mol. The van der Waals surface area contributed by atoms with E-state index in [0.717, 1.165) is 5.69 Å². The van der Waals surface area contributed by atoms with Gasteiger partial charge in [0.15, 0.2) is 0 Å². The highest BCUT2D eigenvalue weighted by Crippen LogP contribution is 2.10. The van der Waals surface area contributed by atoms with Crippen LogP contribution >= 0.6 is 11.3 Å². The molecule has 0 aliphatic rings. The van der Waals surface area contributed by atoms with Gasteiger partial charge in [-0.25, -0.2) is 9.78 Å². The summed E-state index contributed by atoms with van der Waals surface area (Å²) in [6, 6.07) is 6.35. The van der Waals surface area contributed by atoms with Crippen molar-refractivity contribution in [3.05, 3.63) is 46.4 Å². The first-order chi connectivity index (χ1) is 9.63. The predicted molar refractivity (Wildman–Crippen MR) is 75.8 cm³/mol. The molecule has 7 heteroatoms. The lowest BCUT2D eigenvalue weighted by atomic mass is 10.1. The number of benzene rings is 1. The molecule has 20 heavy (non-hydrogen) atoms. The van der Waals surface area contributed by atoms with Gasteiger partial charge in [0.2, 0.25) is 0 Å². The summed E-state index contributed by atoms with van der Waals surface area (Å²) in [5.41, 5.74) is 3.80. The number of carbonyl (C=O) groups excluding carboxylic acids is 1. The lowest BCUT2D eigenvalue weighted by Crippen LogP contribution is -2.28. The highest BCUT2D eigenvalue weighted by Gasteiger charge is 2.04. The number of amides is 2. The normalized spacial score (nSPS) is 10.0. The van der Waals surface area contributed by atoms with Gasteiger partial charge >= 0.3 is 12.0 Å². The van der Waals surface area contributed by atoms with E-state index in [0.29, 0.717) is 17.8 Å². The first-order valence-corrected chi connectivity index (χ1v) is 6.80. The van der Waals surface area contributed by atoms with Gasteiger partial charge in [-0.1, -0.05) is 12.1 Å². The maximum atomic E-state index is 11.6. The molecule has 0 aliphatic carbocycles. The average Bonchev–Trinajstić information content (AvgIpc) is 2.91. The number of hydrogen-bond acceptors (Lipinski definition) is 4. The highest BCUT2D eigenvalue weighted by molar-refractivity contribution is 7.07. The molecular formula is C13H13N3O3S. The van der Waals surface area contributed by atoms with Crippen molar-refractivity contribution < 1.29 is 14.7 Å². The quantitative estimate of drug-likeness (QED) is 0.786. The maximum absolute atomic E-state index is 11.6. The summed E-state index contributed by atoms with van der Waals surface area (Å²) in [7, 11) is 0. The van der Waals surface area contributed by atoms with Crippen LogP contribution in [-0.4, -0.2) is 22.1 Å². The van der Waals surface area contributed by atoms with Crippen molar-refractivity contribution in [3.8, 4) is 0 Å². The summed E-state index contributed by atoms with van der Waals surface area (Å²) in [6.45, 7) is 0.367. The third-order valence-corrected chi connectivity index (χ3v) is 3.12. The van der Waals surface area contributed by atoms with Gasteiger partial charge in [-0.2, -0.15) is 0 Å². The zero-order chi connectivity index (χ0) is 14.4. The van der Waals surface area contributed by atoms with Crippen LogP contribution in [0.15, 0.2) is 35.2 Å². The Balaban J connectivity index is 1.83. The Morgan fingerprint density at radius 2 is 2.00 bits per heavy atom. The number of carboxylic acids is 1. The Morgan fingerprint density at radius 3 is 2.60 bits per heavy atom. The van der Waals surface area contributed by atoms with E-state index in [9.17, 15) is 9.59 Å². The minimum atomic E-state index is -0.883. The van der Waals surface area contributed by atoms with Gasteiger partial charge in [0, 0.05) is 11.1 Å². The van der Waals surface area contributed by atoms with Crippen molar-refractivity contribution in [2.24, 2.45) is 0 Å². The molecule has 2 amide bonds. The molecule has 0 saturated heterocycles. The van der Waals surface area contributed by atoms with Crippen molar-refractivity contribution >= 4 is 29.0 Å². The molecule has 2 aromatic rings. The number of carboxylic acid groups (broad SMARTS) is 1. The number of nitrogens with one attached hydrogen (secondary N) is 2. The second-order valence-corrected chi connectivity index (χ2v) is 4.77. The number of nitrogens with zero attached hydrogens (tertiary/aromatic N) is 1. The highest BCUT2D eigenvalue weighted by atomic mass is 32.1. The van der Waals surface area contributed by atoms with Crippen LogP contribution in [0.3, 0.4) is 0 Å². The fourth-order valence-electron chi connectivity index (χ4n) is 1.55. The molecule has 0 bridgehead atoms. The molecule has 0 fully saturated rings. The van der Waals surface area contributed by atoms with Crippen LogP contribution in [-0.2, 0) is 17.8 Å². The van der Waals surface area contributed by atoms with Gasteiger partial charge < -0.3 is 15.7 Å². The van der Waals surface area contributed by atoms with Crippen LogP contribution in [0.25, 0.3) is 0 Å². The van der Waals surface area contributed by atoms with E-state index in [1.54, 1.807) is 29.8 Å². The molecule has 1 aromatic heterocycles. The van der Waals surface area contributed by atoms with E-state index in [-0.39, 0.29) is 12.5 Å². The van der Waals surface area contributed by atoms with E-state index in [1.807, 2.05) is 5.38 Å². The van der Waals surface area contributed by atoms with E-state index in [4.69, 9.17) is 5.11 Å². The smallest absolute Gasteiger partial charge is 0.319 e. The summed E-state index contributed by atoms with van der Waals surface area (Å²) in [5, 5.41) is 15.9. The van der Waals surface area contributed by atoms with Gasteiger partial charge in [-0.05, 0) is 17.7 Å². The first kappa shape index (κ1) is 14.0. The van der Waals surface area contributed by atoms with Crippen molar-refractivity contribution in [1.29, 1.82) is 0 Å². The number of rotatable bonds is 5. The van der Waals surface area contributed by atoms with Crippen molar-refractivity contribution in [2.45, 2.75) is 13.0 Å². The number of aliphatic carboxylic acids is 1. The number of thiazole rings is 1. The Hall–Kier alpha value is -2.41. The van der Waals surface area contributed by atoms with Gasteiger partial charge in [0.05, 0.1) is 24.2 Å². The van der Waals surface area contributed by atoms with Crippen LogP contribution in [0.1, 0.15) is 11.3 Å². The maximum Gasteiger partial charge on any atom is 0.319 e. The zero-order valence-corrected chi connectivity index (χ0v) is 11.3. The summed E-state index contributed by atoms with van der Waals surface area (Å²) < 4.78 is 0. The van der Waals surface area contributed by atoms with E-state index in [1.165, 1.54) is 11.3 Å². The number of anilines is 1. The number of hydrogen-bond donors (Lipinski definition) is 3. The van der Waals surface area contributed by atoms with E-state index in [2.05, 4.69) is 15.6 Å². The summed E-state index contributed by atoms with van der Waals surface area (Å²) >= 11 is 1.47. The molecule has 0 spiro atoms. The van der Waals surface area contributed by atoms with Crippen LogP contribution < -0.4 is 10.6 Å². The second kappa shape index (κ2) is 6.67. The molecule has 1 aromatic carbocycles. The fourth-order valence-corrected chi connectivity index (χ4v) is 2.11. The van der Waals surface area contributed by atoms with E-state index < -0.39 is 5.97 Å². The molecule has 104 valence electrons. The third kappa shape index (κ3) is 4.36. The minimum Gasteiger partial charge on any atom is -0.481 e. The molecule has 0 aliphatic heterocycles. The van der Waals surface area contributed by atoms with Crippen molar-refractivity contribution in [2.75, 3.05) is 5.32 Å². The van der Waals surface area contributed by atoms with Gasteiger partial charge in [0.25, 0.3) is 0 Å². The van der Waals surface area contributed by atoms with Gasteiger partial charge in [-0.15, -0.1) is 11.3 Å². The Labute approximate surface area is 119 Å². The van der Waals surface area contributed by atoms with Gasteiger partial charge in [-0.3, -0.25) is 4.79 Å².